The number of nitrogens with one attached hydrogen (secondary N) is 1. The third-order valence-corrected chi connectivity index (χ3v) is 3.55. The highest BCUT2D eigenvalue weighted by molar-refractivity contribution is 7.89. The summed E-state index contributed by atoms with van der Waals surface area (Å²) in [4.78, 5) is 9.93. The normalized spacial score (nSPS) is 12.4. The largest absolute Gasteiger partial charge is 0.477 e. The molecule has 0 unspecified atom stereocenters. The fourth-order valence-corrected chi connectivity index (χ4v) is 2.09. The van der Waals surface area contributed by atoms with Gasteiger partial charge in [-0.15, -0.1) is 0 Å². The number of aliphatic carboxylic acids is 1. The number of carboxylic acids is 1. The molecule has 5 nitrogen and oxygen atoms in total. The number of benzene rings is 1. The maximum absolute atomic E-state index is 12.7. The summed E-state index contributed by atoms with van der Waals surface area (Å²) in [5.41, 5.74) is 0.810. The van der Waals surface area contributed by atoms with E-state index in [1.807, 2.05) is 0 Å². The van der Waals surface area contributed by atoms with Crippen molar-refractivity contribution in [2.24, 2.45) is 0 Å². The van der Waals surface area contributed by atoms with Gasteiger partial charge >= 0.3 is 11.9 Å². The fraction of sp³-hybridized carbons (Fsp3) is 0.300. The smallest absolute Gasteiger partial charge is 0.376 e. The number of halogens is 2. The lowest BCUT2D eigenvalue weighted by Gasteiger charge is -2.12. The molecule has 1 aromatic carbocycles. The van der Waals surface area contributed by atoms with Gasteiger partial charge in [0.05, 0.1) is 11.4 Å². The molecule has 8 heteroatoms. The van der Waals surface area contributed by atoms with Crippen LogP contribution in [0.25, 0.3) is 0 Å². The molecule has 0 aromatic heterocycles. The van der Waals surface area contributed by atoms with Crippen LogP contribution in [0.2, 0.25) is 0 Å². The van der Waals surface area contributed by atoms with Gasteiger partial charge in [-0.25, -0.2) is 17.9 Å². The maximum atomic E-state index is 12.7. The Morgan fingerprint density at radius 1 is 1.33 bits per heavy atom. The summed E-state index contributed by atoms with van der Waals surface area (Å²) >= 11 is 0. The minimum Gasteiger partial charge on any atom is -0.477 e. The first-order chi connectivity index (χ1) is 8.15. The highest BCUT2D eigenvalue weighted by atomic mass is 32.2. The number of alkyl halides is 2. The zero-order valence-electron chi connectivity index (χ0n) is 9.35. The van der Waals surface area contributed by atoms with Gasteiger partial charge in [-0.1, -0.05) is 17.7 Å². The molecule has 0 atom stereocenters. The molecule has 0 amide bonds. The van der Waals surface area contributed by atoms with Crippen LogP contribution in [0.1, 0.15) is 5.56 Å². The molecule has 0 saturated carbocycles. The van der Waals surface area contributed by atoms with E-state index in [4.69, 9.17) is 5.11 Å². The molecular formula is C10H11F2NO4S. The molecular weight excluding hydrogens is 268 g/mol. The highest BCUT2D eigenvalue weighted by Gasteiger charge is 2.39. The molecule has 100 valence electrons. The van der Waals surface area contributed by atoms with Crippen molar-refractivity contribution >= 4 is 16.0 Å². The number of hydrogen-bond acceptors (Lipinski definition) is 3. The predicted molar refractivity (Wildman–Crippen MR) is 59.0 cm³/mol. The van der Waals surface area contributed by atoms with Crippen LogP contribution in [-0.2, 0) is 14.8 Å². The SMILES string of the molecule is Cc1ccc(S(=O)(=O)NCC(F)(F)C(=O)O)cc1. The fourth-order valence-electron chi connectivity index (χ4n) is 1.06. The minimum atomic E-state index is -4.14. The van der Waals surface area contributed by atoms with Gasteiger partial charge in [-0.3, -0.25) is 0 Å². The topological polar surface area (TPSA) is 83.5 Å². The monoisotopic (exact) mass is 279 g/mol. The van der Waals surface area contributed by atoms with Crippen molar-refractivity contribution in [2.45, 2.75) is 17.7 Å². The maximum Gasteiger partial charge on any atom is 0.376 e. The van der Waals surface area contributed by atoms with Crippen LogP contribution in [-0.4, -0.2) is 32.0 Å². The lowest BCUT2D eigenvalue weighted by atomic mass is 10.2. The average Bonchev–Trinajstić information content (AvgIpc) is 2.27. The first kappa shape index (κ1) is 14.5. The van der Waals surface area contributed by atoms with Crippen LogP contribution in [0.5, 0.6) is 0 Å². The Kier molecular flexibility index (Phi) is 4.02. The van der Waals surface area contributed by atoms with E-state index in [9.17, 15) is 22.0 Å². The Labute approximate surface area is 102 Å². The first-order valence-corrected chi connectivity index (χ1v) is 6.31. The van der Waals surface area contributed by atoms with Crippen LogP contribution in [0, 0.1) is 6.92 Å². The molecule has 2 N–H and O–H groups in total. The number of sulfonamides is 1. The zero-order chi connectivity index (χ0) is 14.0. The second kappa shape index (κ2) is 4.99. The third-order valence-electron chi connectivity index (χ3n) is 2.13. The summed E-state index contributed by atoms with van der Waals surface area (Å²) < 4.78 is 50.2. The summed E-state index contributed by atoms with van der Waals surface area (Å²) in [5.74, 6) is -6.52. The van der Waals surface area contributed by atoms with E-state index in [0.29, 0.717) is 0 Å². The van der Waals surface area contributed by atoms with Crippen molar-refractivity contribution in [1.82, 2.24) is 4.72 Å². The Hall–Kier alpha value is -1.54. The van der Waals surface area contributed by atoms with Crippen molar-refractivity contribution in [1.29, 1.82) is 0 Å². The Morgan fingerprint density at radius 2 is 1.83 bits per heavy atom. The van der Waals surface area contributed by atoms with E-state index in [2.05, 4.69) is 0 Å². The predicted octanol–water partition coefficient (Wildman–Crippen LogP) is 0.993. The van der Waals surface area contributed by atoms with Gasteiger partial charge in [0.2, 0.25) is 10.0 Å². The molecule has 0 aliphatic carbocycles. The summed E-state index contributed by atoms with van der Waals surface area (Å²) in [6.07, 6.45) is 0. The van der Waals surface area contributed by atoms with E-state index in [-0.39, 0.29) is 4.90 Å². The number of rotatable bonds is 5. The molecule has 1 aromatic rings. The second-order valence-corrected chi connectivity index (χ2v) is 5.41. The molecule has 0 radical (unpaired) electrons. The van der Waals surface area contributed by atoms with Gasteiger partial charge in [-0.2, -0.15) is 8.78 Å². The Morgan fingerprint density at radius 3 is 2.28 bits per heavy atom. The number of hydrogen-bond donors (Lipinski definition) is 2. The van der Waals surface area contributed by atoms with E-state index < -0.39 is 28.5 Å². The number of carbonyl (C=O) groups is 1. The van der Waals surface area contributed by atoms with Gasteiger partial charge < -0.3 is 5.11 Å². The summed E-state index contributed by atoms with van der Waals surface area (Å²) in [6, 6.07) is 5.50. The molecule has 0 saturated heterocycles. The van der Waals surface area contributed by atoms with E-state index >= 15 is 0 Å². The van der Waals surface area contributed by atoms with Crippen molar-refractivity contribution in [3.63, 3.8) is 0 Å². The number of carboxylic acid groups (broad SMARTS) is 1. The highest BCUT2D eigenvalue weighted by Crippen LogP contribution is 2.15. The molecule has 0 bridgehead atoms. The van der Waals surface area contributed by atoms with Crippen LogP contribution in [0.4, 0.5) is 8.78 Å². The van der Waals surface area contributed by atoms with E-state index in [1.54, 1.807) is 11.6 Å². The van der Waals surface area contributed by atoms with E-state index in [1.165, 1.54) is 24.3 Å². The summed E-state index contributed by atoms with van der Waals surface area (Å²) in [5, 5.41) is 8.16. The Bertz CT molecular complexity index is 540. The molecule has 1 rings (SSSR count). The van der Waals surface area contributed by atoms with Crippen molar-refractivity contribution < 1.29 is 27.1 Å². The van der Waals surface area contributed by atoms with Crippen molar-refractivity contribution in [3.05, 3.63) is 29.8 Å². The van der Waals surface area contributed by atoms with Crippen LogP contribution < -0.4 is 4.72 Å². The van der Waals surface area contributed by atoms with Crippen LogP contribution in [0.15, 0.2) is 29.2 Å². The van der Waals surface area contributed by atoms with Gasteiger partial charge in [0, 0.05) is 0 Å². The molecule has 0 fully saturated rings. The zero-order valence-corrected chi connectivity index (χ0v) is 10.2. The summed E-state index contributed by atoms with van der Waals surface area (Å²) in [6.45, 7) is 0.251. The van der Waals surface area contributed by atoms with Crippen molar-refractivity contribution in [3.8, 4) is 0 Å². The molecule has 0 aliphatic rings. The lowest BCUT2D eigenvalue weighted by molar-refractivity contribution is -0.163. The Balaban J connectivity index is 2.84. The van der Waals surface area contributed by atoms with Gasteiger partial charge in [0.25, 0.3) is 0 Å². The van der Waals surface area contributed by atoms with Gasteiger partial charge in [0.15, 0.2) is 0 Å². The van der Waals surface area contributed by atoms with Crippen LogP contribution in [0.3, 0.4) is 0 Å². The quantitative estimate of drug-likeness (QED) is 0.842. The lowest BCUT2D eigenvalue weighted by Crippen LogP contribution is -2.42. The van der Waals surface area contributed by atoms with Gasteiger partial charge in [-0.05, 0) is 19.1 Å². The molecule has 0 aliphatic heterocycles. The van der Waals surface area contributed by atoms with Crippen LogP contribution >= 0.6 is 0 Å². The van der Waals surface area contributed by atoms with E-state index in [0.717, 1.165) is 5.56 Å². The third kappa shape index (κ3) is 3.47. The number of aryl methyl sites for hydroxylation is 1. The minimum absolute atomic E-state index is 0.200. The second-order valence-electron chi connectivity index (χ2n) is 3.65. The molecule has 0 heterocycles. The molecule has 18 heavy (non-hydrogen) atoms. The molecule has 0 spiro atoms. The average molecular weight is 279 g/mol. The standard InChI is InChI=1S/C10H11F2NO4S/c1-7-2-4-8(5-3-7)18(16,17)13-6-10(11,12)9(14)15/h2-5,13H,6H2,1H3,(H,14,15). The summed E-state index contributed by atoms with van der Waals surface area (Å²) in [7, 11) is -4.14. The van der Waals surface area contributed by atoms with Gasteiger partial charge in [0.1, 0.15) is 0 Å². The first-order valence-electron chi connectivity index (χ1n) is 4.83. The van der Waals surface area contributed by atoms with Crippen molar-refractivity contribution in [2.75, 3.05) is 6.54 Å².